The number of aromatic nitrogens is 6. The third-order valence-corrected chi connectivity index (χ3v) is 8.00. The zero-order chi connectivity index (χ0) is 27.8. The minimum atomic E-state index is -3.51. The molecule has 4 heterocycles. The molecule has 1 aliphatic carbocycles. The van der Waals surface area contributed by atoms with E-state index >= 15 is 0 Å². The van der Waals surface area contributed by atoms with Crippen LogP contribution in [0, 0.1) is 11.8 Å². The second kappa shape index (κ2) is 10.2. The quantitative estimate of drug-likeness (QED) is 0.353. The molecule has 11 nitrogen and oxygen atoms in total. The summed E-state index contributed by atoms with van der Waals surface area (Å²) < 4.78 is 52.4. The van der Waals surface area contributed by atoms with Crippen LogP contribution in [0.25, 0.3) is 11.4 Å². The Balaban J connectivity index is 1.41. The molecule has 0 spiro atoms. The van der Waals surface area contributed by atoms with Gasteiger partial charge in [-0.25, -0.2) is 27.2 Å². The maximum atomic E-state index is 12.6. The van der Waals surface area contributed by atoms with E-state index < -0.39 is 33.9 Å². The molecule has 14 heteroatoms. The molecule has 0 saturated heterocycles. The number of nitrogens with two attached hydrogens (primary N) is 1. The van der Waals surface area contributed by atoms with Crippen molar-refractivity contribution in [2.24, 2.45) is 5.73 Å². The van der Waals surface area contributed by atoms with Crippen molar-refractivity contribution in [2.45, 2.75) is 56.6 Å². The molecule has 0 amide bonds. The number of alkyl halides is 2. The first kappa shape index (κ1) is 26.5. The molecule has 39 heavy (non-hydrogen) atoms. The fourth-order valence-electron chi connectivity index (χ4n) is 3.91. The molecule has 0 radical (unpaired) electrons. The van der Waals surface area contributed by atoms with Crippen molar-refractivity contribution in [1.29, 1.82) is 0 Å². The Kier molecular flexibility index (Phi) is 6.96. The number of nitrogens with one attached hydrogen (secondary N) is 2. The second-order valence-corrected chi connectivity index (χ2v) is 11.7. The Bertz CT molecular complexity index is 1610. The molecule has 204 valence electrons. The van der Waals surface area contributed by atoms with Crippen molar-refractivity contribution in [1.82, 2.24) is 39.6 Å². The number of dihydropyridines is 1. The highest BCUT2D eigenvalue weighted by atomic mass is 32.2. The van der Waals surface area contributed by atoms with Crippen molar-refractivity contribution >= 4 is 10.0 Å². The zero-order valence-electron chi connectivity index (χ0n) is 21.2. The Hall–Kier alpha value is -4.09. The van der Waals surface area contributed by atoms with Crippen LogP contribution in [0.2, 0.25) is 0 Å². The summed E-state index contributed by atoms with van der Waals surface area (Å²) >= 11 is 0. The van der Waals surface area contributed by atoms with Crippen molar-refractivity contribution in [3.63, 3.8) is 0 Å². The number of hydrogen-bond donors (Lipinski definition) is 3. The van der Waals surface area contributed by atoms with Gasteiger partial charge in [-0.15, -0.1) is 0 Å². The third-order valence-electron chi connectivity index (χ3n) is 5.97. The molecule has 1 saturated carbocycles. The summed E-state index contributed by atoms with van der Waals surface area (Å²) in [5, 5.41) is 14.0. The smallest absolute Gasteiger partial charge is 0.257 e. The van der Waals surface area contributed by atoms with E-state index in [9.17, 15) is 17.2 Å². The van der Waals surface area contributed by atoms with Crippen LogP contribution >= 0.6 is 0 Å². The van der Waals surface area contributed by atoms with Crippen LogP contribution in [0.3, 0.4) is 0 Å². The number of allylic oxidation sites excluding steroid dienone is 1. The highest BCUT2D eigenvalue weighted by molar-refractivity contribution is 7.90. The lowest BCUT2D eigenvalue weighted by atomic mass is 9.98. The number of halogens is 2. The van der Waals surface area contributed by atoms with Gasteiger partial charge in [0, 0.05) is 24.6 Å². The lowest BCUT2D eigenvalue weighted by molar-refractivity contribution is 0.122. The van der Waals surface area contributed by atoms with Crippen LogP contribution in [0.1, 0.15) is 37.9 Å². The molecule has 1 fully saturated rings. The van der Waals surface area contributed by atoms with Crippen molar-refractivity contribution in [2.75, 3.05) is 0 Å². The Morgan fingerprint density at radius 1 is 1.23 bits per heavy atom. The minimum Gasteiger partial charge on any atom is -0.382 e. The molecule has 1 atom stereocenters. The van der Waals surface area contributed by atoms with Gasteiger partial charge in [0.1, 0.15) is 6.54 Å². The summed E-state index contributed by atoms with van der Waals surface area (Å²) in [6.07, 6.45) is 9.42. The van der Waals surface area contributed by atoms with E-state index in [2.05, 4.69) is 42.6 Å². The van der Waals surface area contributed by atoms with E-state index in [1.165, 1.54) is 24.8 Å². The summed E-state index contributed by atoms with van der Waals surface area (Å²) in [6.45, 7) is 3.44. The Morgan fingerprint density at radius 2 is 2.03 bits per heavy atom. The number of hydrogen-bond acceptors (Lipinski definition) is 9. The molecule has 1 aliphatic heterocycles. The summed E-state index contributed by atoms with van der Waals surface area (Å²) in [7, 11) is -3.51. The summed E-state index contributed by atoms with van der Waals surface area (Å²) in [5.41, 5.74) is 8.12. The average Bonchev–Trinajstić information content (AvgIpc) is 3.46. The lowest BCUT2D eigenvalue weighted by Gasteiger charge is -2.32. The number of rotatable bonds is 8. The van der Waals surface area contributed by atoms with Crippen LogP contribution in [0.15, 0.2) is 60.6 Å². The lowest BCUT2D eigenvalue weighted by Crippen LogP contribution is -2.50. The number of nitrogens with zero attached hydrogens (tertiary/aromatic N) is 6. The highest BCUT2D eigenvalue weighted by Gasteiger charge is 2.38. The minimum absolute atomic E-state index is 0.0535. The maximum absolute atomic E-state index is 12.6. The van der Waals surface area contributed by atoms with Crippen LogP contribution in [0.4, 0.5) is 8.78 Å². The highest BCUT2D eigenvalue weighted by Crippen LogP contribution is 2.30. The van der Waals surface area contributed by atoms with Crippen LogP contribution in [-0.2, 0) is 22.2 Å². The normalized spacial score (nSPS) is 19.3. The fraction of sp³-hybridized carbons (Fsp3) is 0.360. The van der Waals surface area contributed by atoms with Gasteiger partial charge in [-0.1, -0.05) is 11.8 Å². The molecule has 2 aliphatic rings. The molecule has 0 aromatic carbocycles. The Labute approximate surface area is 224 Å². The first-order valence-electron chi connectivity index (χ1n) is 12.3. The summed E-state index contributed by atoms with van der Waals surface area (Å²) in [6, 6.07) is 1.71. The van der Waals surface area contributed by atoms with E-state index in [0.29, 0.717) is 40.9 Å². The van der Waals surface area contributed by atoms with Gasteiger partial charge in [0.05, 0.1) is 51.9 Å². The van der Waals surface area contributed by atoms with Gasteiger partial charge in [-0.05, 0) is 38.8 Å². The van der Waals surface area contributed by atoms with E-state index in [4.69, 9.17) is 5.73 Å². The fourth-order valence-corrected chi connectivity index (χ4v) is 5.39. The van der Waals surface area contributed by atoms with Crippen LogP contribution in [0.5, 0.6) is 0 Å². The molecular formula is C25H27F2N9O2S. The van der Waals surface area contributed by atoms with Gasteiger partial charge in [0.2, 0.25) is 0 Å². The van der Waals surface area contributed by atoms with E-state index in [0.717, 1.165) is 8.77 Å². The second-order valence-electron chi connectivity index (χ2n) is 9.63. The van der Waals surface area contributed by atoms with Gasteiger partial charge in [-0.2, -0.15) is 14.3 Å². The van der Waals surface area contributed by atoms with Gasteiger partial charge in [0.15, 0.2) is 11.5 Å². The van der Waals surface area contributed by atoms with E-state index in [-0.39, 0.29) is 11.9 Å². The average molecular weight is 556 g/mol. The molecule has 3 aromatic rings. The predicted molar refractivity (Wildman–Crippen MR) is 139 cm³/mol. The van der Waals surface area contributed by atoms with Gasteiger partial charge in [-0.3, -0.25) is 4.68 Å². The zero-order valence-corrected chi connectivity index (χ0v) is 22.0. The maximum Gasteiger partial charge on any atom is 0.257 e. The first-order chi connectivity index (χ1) is 18.5. The van der Waals surface area contributed by atoms with E-state index in [1.54, 1.807) is 24.5 Å². The first-order valence-corrected chi connectivity index (χ1v) is 13.8. The molecule has 4 N–H and O–H groups in total. The summed E-state index contributed by atoms with van der Waals surface area (Å²) in [5.74, 6) is 6.26. The molecule has 0 bridgehead atoms. The predicted octanol–water partition coefficient (Wildman–Crippen LogP) is 1.67. The molecule has 5 rings (SSSR count). The van der Waals surface area contributed by atoms with Crippen molar-refractivity contribution in [3.8, 4) is 23.2 Å². The standard InChI is InChI=1S/C25H27F2N9O2S/c1-16(2)33-21-9-25(28,30-11-18(21)4-3-17-10-31-35(13-17)15-23(26)27)22-7-8-29-24(34-22)19-12-32-36(14-19)39(37,38)20-5-6-20/h7-14,16,20,23,30,33H,5-6,15,28H2,1-2H3. The topological polar surface area (TPSA) is 146 Å². The monoisotopic (exact) mass is 555 g/mol. The van der Waals surface area contributed by atoms with Crippen LogP contribution in [-0.4, -0.2) is 55.1 Å². The van der Waals surface area contributed by atoms with Gasteiger partial charge >= 0.3 is 0 Å². The summed E-state index contributed by atoms with van der Waals surface area (Å²) in [4.78, 5) is 8.88. The molecule has 3 aromatic heterocycles. The largest absolute Gasteiger partial charge is 0.382 e. The molecular weight excluding hydrogens is 528 g/mol. The Morgan fingerprint density at radius 3 is 2.74 bits per heavy atom. The van der Waals surface area contributed by atoms with E-state index in [1.807, 2.05) is 13.8 Å². The van der Waals surface area contributed by atoms with Crippen LogP contribution < -0.4 is 16.4 Å². The third kappa shape index (κ3) is 5.84. The van der Waals surface area contributed by atoms with Gasteiger partial charge < -0.3 is 16.4 Å². The molecule has 1 unspecified atom stereocenters. The van der Waals surface area contributed by atoms with Gasteiger partial charge in [0.25, 0.3) is 16.4 Å². The van der Waals surface area contributed by atoms with Crippen molar-refractivity contribution < 1.29 is 17.2 Å². The SMILES string of the molecule is CC(C)NC1=CC(N)(c2ccnc(-c3cnn(S(=O)(=O)C4CC4)c3)n2)NC=C1C#Cc1cnn(CC(F)F)c1. The van der Waals surface area contributed by atoms with Crippen molar-refractivity contribution in [3.05, 3.63) is 71.9 Å².